The first-order valence-electron chi connectivity index (χ1n) is 6.56. The van der Waals surface area contributed by atoms with E-state index in [1.807, 2.05) is 11.8 Å². The quantitative estimate of drug-likeness (QED) is 0.305. The SMILES string of the molecule is CSC(C)CCN=C(NN)NC1CCCCC1. The van der Waals surface area contributed by atoms with Gasteiger partial charge in [-0.25, -0.2) is 5.84 Å². The number of aliphatic imine (C=N–C) groups is 1. The van der Waals surface area contributed by atoms with Crippen LogP contribution in [-0.2, 0) is 0 Å². The van der Waals surface area contributed by atoms with Crippen LogP contribution in [0.25, 0.3) is 0 Å². The van der Waals surface area contributed by atoms with Crippen molar-refractivity contribution in [3.8, 4) is 0 Å². The zero-order valence-corrected chi connectivity index (χ0v) is 11.9. The summed E-state index contributed by atoms with van der Waals surface area (Å²) in [5, 5.41) is 4.06. The molecule has 4 nitrogen and oxygen atoms in total. The summed E-state index contributed by atoms with van der Waals surface area (Å²) in [5.41, 5.74) is 2.67. The van der Waals surface area contributed by atoms with Gasteiger partial charge in [0, 0.05) is 17.8 Å². The van der Waals surface area contributed by atoms with Crippen molar-refractivity contribution < 1.29 is 0 Å². The van der Waals surface area contributed by atoms with Crippen LogP contribution >= 0.6 is 11.8 Å². The first-order valence-corrected chi connectivity index (χ1v) is 7.85. The molecule has 5 heteroatoms. The van der Waals surface area contributed by atoms with E-state index in [9.17, 15) is 0 Å². The monoisotopic (exact) mass is 258 g/mol. The smallest absolute Gasteiger partial charge is 0.205 e. The molecule has 0 aromatic rings. The fourth-order valence-corrected chi connectivity index (χ4v) is 2.39. The van der Waals surface area contributed by atoms with Crippen molar-refractivity contribution in [2.75, 3.05) is 12.8 Å². The molecule has 1 rings (SSSR count). The van der Waals surface area contributed by atoms with E-state index in [1.165, 1.54) is 32.1 Å². The number of thioether (sulfide) groups is 1. The molecule has 0 radical (unpaired) electrons. The Kier molecular flexibility index (Phi) is 7.44. The molecule has 0 heterocycles. The number of hydrazine groups is 1. The topological polar surface area (TPSA) is 62.4 Å². The Morgan fingerprint density at radius 1 is 1.41 bits per heavy atom. The van der Waals surface area contributed by atoms with Gasteiger partial charge in [0.15, 0.2) is 0 Å². The highest BCUT2D eigenvalue weighted by Gasteiger charge is 2.13. The van der Waals surface area contributed by atoms with E-state index in [2.05, 4.69) is 28.9 Å². The number of hydrogen-bond acceptors (Lipinski definition) is 3. The molecule has 0 aromatic carbocycles. The fraction of sp³-hybridized carbons (Fsp3) is 0.917. The zero-order chi connectivity index (χ0) is 12.5. The lowest BCUT2D eigenvalue weighted by Gasteiger charge is -2.24. The van der Waals surface area contributed by atoms with Crippen molar-refractivity contribution in [1.82, 2.24) is 10.7 Å². The van der Waals surface area contributed by atoms with Crippen LogP contribution in [0.3, 0.4) is 0 Å². The third kappa shape index (κ3) is 6.17. The number of nitrogens with zero attached hydrogens (tertiary/aromatic N) is 1. The molecule has 0 amide bonds. The predicted molar refractivity (Wildman–Crippen MR) is 77.2 cm³/mol. The van der Waals surface area contributed by atoms with Crippen molar-refractivity contribution >= 4 is 17.7 Å². The Labute approximate surface area is 109 Å². The molecule has 1 aliphatic rings. The number of nitrogens with one attached hydrogen (secondary N) is 2. The Hall–Kier alpha value is -0.420. The maximum atomic E-state index is 5.49. The number of guanidine groups is 1. The van der Waals surface area contributed by atoms with E-state index < -0.39 is 0 Å². The van der Waals surface area contributed by atoms with Crippen LogP contribution in [0, 0.1) is 0 Å². The lowest BCUT2D eigenvalue weighted by atomic mass is 9.96. The van der Waals surface area contributed by atoms with Crippen LogP contribution in [0.1, 0.15) is 45.4 Å². The second kappa shape index (κ2) is 8.64. The summed E-state index contributed by atoms with van der Waals surface area (Å²) in [6.45, 7) is 3.06. The number of rotatable bonds is 5. The van der Waals surface area contributed by atoms with E-state index in [-0.39, 0.29) is 0 Å². The minimum atomic E-state index is 0.552. The summed E-state index contributed by atoms with van der Waals surface area (Å²) in [4.78, 5) is 4.48. The minimum Gasteiger partial charge on any atom is -0.353 e. The molecule has 17 heavy (non-hydrogen) atoms. The molecule has 1 atom stereocenters. The van der Waals surface area contributed by atoms with Gasteiger partial charge >= 0.3 is 0 Å². The molecule has 0 spiro atoms. The molecule has 100 valence electrons. The molecule has 1 saturated carbocycles. The van der Waals surface area contributed by atoms with Gasteiger partial charge in [-0.15, -0.1) is 0 Å². The van der Waals surface area contributed by atoms with Gasteiger partial charge in [-0.1, -0.05) is 26.2 Å². The van der Waals surface area contributed by atoms with Crippen LogP contribution < -0.4 is 16.6 Å². The van der Waals surface area contributed by atoms with Crippen molar-refractivity contribution in [3.63, 3.8) is 0 Å². The molecule has 1 unspecified atom stereocenters. The van der Waals surface area contributed by atoms with E-state index in [0.717, 1.165) is 18.9 Å². The number of hydrogen-bond donors (Lipinski definition) is 3. The van der Waals surface area contributed by atoms with Gasteiger partial charge in [0.25, 0.3) is 0 Å². The zero-order valence-electron chi connectivity index (χ0n) is 11.0. The molecular weight excluding hydrogens is 232 g/mol. The van der Waals surface area contributed by atoms with Gasteiger partial charge in [-0.05, 0) is 25.5 Å². The van der Waals surface area contributed by atoms with Gasteiger partial charge in [0.1, 0.15) is 0 Å². The average Bonchev–Trinajstić information content (AvgIpc) is 2.38. The molecule has 0 aromatic heterocycles. The largest absolute Gasteiger partial charge is 0.353 e. The van der Waals surface area contributed by atoms with Gasteiger partial charge < -0.3 is 5.32 Å². The van der Waals surface area contributed by atoms with E-state index >= 15 is 0 Å². The van der Waals surface area contributed by atoms with E-state index in [1.54, 1.807) is 0 Å². The van der Waals surface area contributed by atoms with Gasteiger partial charge in [0.2, 0.25) is 5.96 Å². The maximum Gasteiger partial charge on any atom is 0.205 e. The predicted octanol–water partition coefficient (Wildman–Crippen LogP) is 1.87. The lowest BCUT2D eigenvalue weighted by molar-refractivity contribution is 0.410. The summed E-state index contributed by atoms with van der Waals surface area (Å²) in [7, 11) is 0. The van der Waals surface area contributed by atoms with E-state index in [0.29, 0.717) is 11.3 Å². The van der Waals surface area contributed by atoms with Crippen LogP contribution in [0.5, 0.6) is 0 Å². The summed E-state index contributed by atoms with van der Waals surface area (Å²) in [6.07, 6.45) is 9.71. The molecule has 1 aliphatic carbocycles. The summed E-state index contributed by atoms with van der Waals surface area (Å²) in [6, 6.07) is 0.552. The maximum absolute atomic E-state index is 5.49. The van der Waals surface area contributed by atoms with Gasteiger partial charge in [-0.3, -0.25) is 10.4 Å². The van der Waals surface area contributed by atoms with E-state index in [4.69, 9.17) is 5.84 Å². The van der Waals surface area contributed by atoms with Crippen LogP contribution in [0.4, 0.5) is 0 Å². The second-order valence-electron chi connectivity index (χ2n) is 4.69. The van der Waals surface area contributed by atoms with Crippen LogP contribution in [-0.4, -0.2) is 30.1 Å². The summed E-state index contributed by atoms with van der Waals surface area (Å²) < 4.78 is 0. The summed E-state index contributed by atoms with van der Waals surface area (Å²) >= 11 is 1.88. The minimum absolute atomic E-state index is 0.552. The molecule has 0 aliphatic heterocycles. The van der Waals surface area contributed by atoms with Crippen LogP contribution in [0.2, 0.25) is 0 Å². The summed E-state index contributed by atoms with van der Waals surface area (Å²) in [5.74, 6) is 6.25. The van der Waals surface area contributed by atoms with Gasteiger partial charge in [-0.2, -0.15) is 11.8 Å². The first-order chi connectivity index (χ1) is 8.26. The van der Waals surface area contributed by atoms with Crippen LogP contribution in [0.15, 0.2) is 4.99 Å². The highest BCUT2D eigenvalue weighted by molar-refractivity contribution is 7.99. The normalized spacial score (nSPS) is 20.1. The Balaban J connectivity index is 2.28. The average molecular weight is 258 g/mol. The Morgan fingerprint density at radius 3 is 2.71 bits per heavy atom. The fourth-order valence-electron chi connectivity index (χ4n) is 2.05. The highest BCUT2D eigenvalue weighted by Crippen LogP contribution is 2.17. The van der Waals surface area contributed by atoms with Crippen molar-refractivity contribution in [2.24, 2.45) is 10.8 Å². The van der Waals surface area contributed by atoms with Crippen molar-refractivity contribution in [3.05, 3.63) is 0 Å². The third-order valence-corrected chi connectivity index (χ3v) is 4.33. The highest BCUT2D eigenvalue weighted by atomic mass is 32.2. The first kappa shape index (κ1) is 14.6. The second-order valence-corrected chi connectivity index (χ2v) is 5.97. The molecule has 1 fully saturated rings. The third-order valence-electron chi connectivity index (χ3n) is 3.29. The Bertz CT molecular complexity index is 227. The lowest BCUT2D eigenvalue weighted by Crippen LogP contribution is -2.47. The van der Waals surface area contributed by atoms with Crippen molar-refractivity contribution in [2.45, 2.75) is 56.7 Å². The standard InChI is InChI=1S/C12H26N4S/c1-10(17-2)8-9-14-12(16-13)15-11-6-4-3-5-7-11/h10-11H,3-9,13H2,1-2H3,(H2,14,15,16). The molecule has 0 bridgehead atoms. The molecule has 0 saturated heterocycles. The Morgan fingerprint density at radius 2 is 2.12 bits per heavy atom. The van der Waals surface area contributed by atoms with Gasteiger partial charge in [0.05, 0.1) is 0 Å². The number of nitrogens with two attached hydrogens (primary N) is 1. The molecule has 4 N–H and O–H groups in total. The molecular formula is C12H26N4S. The van der Waals surface area contributed by atoms with Crippen molar-refractivity contribution in [1.29, 1.82) is 0 Å².